The minimum atomic E-state index is -1.00. The summed E-state index contributed by atoms with van der Waals surface area (Å²) in [6.45, 7) is 1.04. The van der Waals surface area contributed by atoms with Crippen molar-refractivity contribution in [2.45, 2.75) is 13.0 Å². The smallest absolute Gasteiger partial charge is 0.133 e. The van der Waals surface area contributed by atoms with Crippen molar-refractivity contribution in [3.05, 3.63) is 34.9 Å². The molecular weight excluding hydrogens is 212 g/mol. The van der Waals surface area contributed by atoms with Crippen molar-refractivity contribution in [1.82, 2.24) is 0 Å². The van der Waals surface area contributed by atoms with Crippen molar-refractivity contribution in [2.75, 3.05) is 6.61 Å². The van der Waals surface area contributed by atoms with Gasteiger partial charge in [-0.15, -0.1) is 12.4 Å². The van der Waals surface area contributed by atoms with Gasteiger partial charge >= 0.3 is 0 Å². The van der Waals surface area contributed by atoms with Gasteiger partial charge in [-0.3, -0.25) is 0 Å². The molecule has 0 fully saturated rings. The third-order valence-corrected chi connectivity index (χ3v) is 1.89. The van der Waals surface area contributed by atoms with E-state index in [1.165, 1.54) is 13.0 Å². The molecule has 3 N–H and O–H groups in total. The summed E-state index contributed by atoms with van der Waals surface area (Å²) in [5.74, 6) is -1.40. The minimum Gasteiger partial charge on any atom is -0.394 e. The highest BCUT2D eigenvalue weighted by molar-refractivity contribution is 5.85. The first kappa shape index (κ1) is 13.3. The van der Waals surface area contributed by atoms with Crippen molar-refractivity contribution in [1.29, 1.82) is 0 Å². The predicted octanol–water partition coefficient (Wildman–Crippen LogP) is 1.69. The topological polar surface area (TPSA) is 46.2 Å². The second-order valence-electron chi connectivity index (χ2n) is 2.88. The lowest BCUT2D eigenvalue weighted by molar-refractivity contribution is 0.262. The van der Waals surface area contributed by atoms with Crippen molar-refractivity contribution in [2.24, 2.45) is 5.73 Å². The molecule has 14 heavy (non-hydrogen) atoms. The third kappa shape index (κ3) is 2.41. The van der Waals surface area contributed by atoms with Crippen LogP contribution in [0, 0.1) is 18.6 Å². The van der Waals surface area contributed by atoms with Gasteiger partial charge < -0.3 is 10.8 Å². The molecule has 2 nitrogen and oxygen atoms in total. The molecule has 0 saturated carbocycles. The van der Waals surface area contributed by atoms with Crippen molar-refractivity contribution >= 4 is 12.4 Å². The van der Waals surface area contributed by atoms with Crippen molar-refractivity contribution in [3.8, 4) is 0 Å². The molecule has 0 spiro atoms. The van der Waals surface area contributed by atoms with Crippen LogP contribution in [0.25, 0.3) is 0 Å². The molecule has 0 aromatic heterocycles. The fourth-order valence-electron chi connectivity index (χ4n) is 1.11. The normalized spacial score (nSPS) is 12.1. The molecule has 0 radical (unpaired) electrons. The van der Waals surface area contributed by atoms with E-state index in [1.54, 1.807) is 0 Å². The number of nitrogens with two attached hydrogens (primary N) is 1. The number of halogens is 3. The monoisotopic (exact) mass is 223 g/mol. The van der Waals surface area contributed by atoms with Crippen LogP contribution in [0.4, 0.5) is 8.78 Å². The van der Waals surface area contributed by atoms with Gasteiger partial charge in [0.1, 0.15) is 11.6 Å². The maximum absolute atomic E-state index is 13.3. The minimum absolute atomic E-state index is 0. The Labute approximate surface area is 87.1 Å². The van der Waals surface area contributed by atoms with E-state index in [2.05, 4.69) is 0 Å². The summed E-state index contributed by atoms with van der Waals surface area (Å²) in [6, 6.07) is 1.47. The zero-order valence-corrected chi connectivity index (χ0v) is 8.44. The first-order valence-electron chi connectivity index (χ1n) is 3.89. The molecule has 1 aromatic carbocycles. The van der Waals surface area contributed by atoms with Crippen LogP contribution in [0.2, 0.25) is 0 Å². The van der Waals surface area contributed by atoms with Crippen LogP contribution in [-0.4, -0.2) is 11.7 Å². The lowest BCUT2D eigenvalue weighted by Crippen LogP contribution is -2.18. The van der Waals surface area contributed by atoms with Crippen LogP contribution in [0.3, 0.4) is 0 Å². The highest BCUT2D eigenvalue weighted by atomic mass is 35.5. The lowest BCUT2D eigenvalue weighted by atomic mass is 10.0. The number of aliphatic hydroxyl groups excluding tert-OH is 1. The first-order chi connectivity index (χ1) is 6.07. The van der Waals surface area contributed by atoms with E-state index in [-0.39, 0.29) is 18.0 Å². The number of aryl methyl sites for hydroxylation is 1. The second kappa shape index (κ2) is 5.24. The summed E-state index contributed by atoms with van der Waals surface area (Å²) in [7, 11) is 0. The molecule has 1 aromatic rings. The standard InChI is InChI=1S/C9H11F2NO.ClH/c1-5-2-3-6(10)8(9(5)11)7(12)4-13;/h2-3,7,13H,4,12H2,1H3;1H/t7-;/m1./s1. The van der Waals surface area contributed by atoms with Crippen LogP contribution in [-0.2, 0) is 0 Å². The molecule has 0 aliphatic carbocycles. The summed E-state index contributed by atoms with van der Waals surface area (Å²) in [5.41, 5.74) is 5.41. The molecular formula is C9H12ClF2NO. The van der Waals surface area contributed by atoms with Crippen LogP contribution in [0.5, 0.6) is 0 Å². The summed E-state index contributed by atoms with van der Waals surface area (Å²) in [6.07, 6.45) is 0. The van der Waals surface area contributed by atoms with E-state index in [9.17, 15) is 8.78 Å². The zero-order valence-electron chi connectivity index (χ0n) is 7.63. The molecule has 0 amide bonds. The third-order valence-electron chi connectivity index (χ3n) is 1.89. The Kier molecular flexibility index (Phi) is 4.97. The largest absolute Gasteiger partial charge is 0.394 e. The predicted molar refractivity (Wildman–Crippen MR) is 52.4 cm³/mol. The van der Waals surface area contributed by atoms with Gasteiger partial charge in [-0.1, -0.05) is 6.07 Å². The van der Waals surface area contributed by atoms with E-state index in [4.69, 9.17) is 10.8 Å². The van der Waals surface area contributed by atoms with Gasteiger partial charge in [0.2, 0.25) is 0 Å². The van der Waals surface area contributed by atoms with Gasteiger partial charge in [0.05, 0.1) is 12.6 Å². The zero-order chi connectivity index (χ0) is 10.0. The second-order valence-corrected chi connectivity index (χ2v) is 2.88. The molecule has 5 heteroatoms. The molecule has 80 valence electrons. The Morgan fingerprint density at radius 3 is 2.50 bits per heavy atom. The van der Waals surface area contributed by atoms with Gasteiger partial charge in [0, 0.05) is 5.56 Å². The van der Waals surface area contributed by atoms with Gasteiger partial charge in [0.25, 0.3) is 0 Å². The number of benzene rings is 1. The lowest BCUT2D eigenvalue weighted by Gasteiger charge is -2.12. The maximum atomic E-state index is 13.3. The quantitative estimate of drug-likeness (QED) is 0.802. The summed E-state index contributed by atoms with van der Waals surface area (Å²) in [4.78, 5) is 0. The molecule has 0 aliphatic rings. The van der Waals surface area contributed by atoms with Crippen LogP contribution < -0.4 is 5.73 Å². The van der Waals surface area contributed by atoms with Gasteiger partial charge in [-0.2, -0.15) is 0 Å². The average Bonchev–Trinajstić information content (AvgIpc) is 2.12. The first-order valence-corrected chi connectivity index (χ1v) is 3.89. The number of hydrogen-bond donors (Lipinski definition) is 2. The van der Waals surface area contributed by atoms with Gasteiger partial charge in [0.15, 0.2) is 0 Å². The summed E-state index contributed by atoms with van der Waals surface area (Å²) in [5, 5.41) is 8.67. The van der Waals surface area contributed by atoms with Crippen LogP contribution >= 0.6 is 12.4 Å². The summed E-state index contributed by atoms with van der Waals surface area (Å²) >= 11 is 0. The van der Waals surface area contributed by atoms with Gasteiger partial charge in [-0.25, -0.2) is 8.78 Å². The van der Waals surface area contributed by atoms with E-state index in [0.717, 1.165) is 6.07 Å². The number of aliphatic hydroxyl groups is 1. The Balaban J connectivity index is 0.00000169. The maximum Gasteiger partial charge on any atom is 0.133 e. The SMILES string of the molecule is Cc1ccc(F)c([C@H](N)CO)c1F.Cl. The highest BCUT2D eigenvalue weighted by Gasteiger charge is 2.17. The Morgan fingerprint density at radius 1 is 1.43 bits per heavy atom. The van der Waals surface area contributed by atoms with E-state index >= 15 is 0 Å². The molecule has 0 saturated heterocycles. The molecule has 0 heterocycles. The van der Waals surface area contributed by atoms with Crippen LogP contribution in [0.15, 0.2) is 12.1 Å². The average molecular weight is 224 g/mol. The molecule has 0 aliphatic heterocycles. The van der Waals surface area contributed by atoms with Crippen molar-refractivity contribution in [3.63, 3.8) is 0 Å². The van der Waals surface area contributed by atoms with Crippen molar-refractivity contribution < 1.29 is 13.9 Å². The summed E-state index contributed by atoms with van der Waals surface area (Å²) < 4.78 is 26.3. The highest BCUT2D eigenvalue weighted by Crippen LogP contribution is 2.21. The Morgan fingerprint density at radius 2 is 2.00 bits per heavy atom. The molecule has 0 unspecified atom stereocenters. The Hall–Kier alpha value is -0.710. The number of hydrogen-bond acceptors (Lipinski definition) is 2. The van der Waals surface area contributed by atoms with E-state index < -0.39 is 24.3 Å². The van der Waals surface area contributed by atoms with Crippen LogP contribution in [0.1, 0.15) is 17.2 Å². The fraction of sp³-hybridized carbons (Fsp3) is 0.333. The number of rotatable bonds is 2. The van der Waals surface area contributed by atoms with E-state index in [1.807, 2.05) is 0 Å². The molecule has 1 rings (SSSR count). The molecule has 0 bridgehead atoms. The molecule has 1 atom stereocenters. The Bertz CT molecular complexity index is 320. The van der Waals surface area contributed by atoms with E-state index in [0.29, 0.717) is 5.56 Å². The van der Waals surface area contributed by atoms with Gasteiger partial charge in [-0.05, 0) is 18.6 Å². The fourth-order valence-corrected chi connectivity index (χ4v) is 1.11.